The standard InChI is InChI=1S/C15H21F2NS/c1-18-14(11-5-3-2-4-6-11)10-19-15-9-12(16)7-8-13(15)17/h7-9,11,14,18H,2-6,10H2,1H3. The second-order valence-electron chi connectivity index (χ2n) is 5.18. The highest BCUT2D eigenvalue weighted by Gasteiger charge is 2.22. The number of hydrogen-bond acceptors (Lipinski definition) is 2. The summed E-state index contributed by atoms with van der Waals surface area (Å²) in [6, 6.07) is 4.03. The van der Waals surface area contributed by atoms with Crippen LogP contribution in [0.3, 0.4) is 0 Å². The van der Waals surface area contributed by atoms with Crippen LogP contribution in [0.2, 0.25) is 0 Å². The van der Waals surface area contributed by atoms with Crippen molar-refractivity contribution in [2.75, 3.05) is 12.8 Å². The smallest absolute Gasteiger partial charge is 0.136 e. The van der Waals surface area contributed by atoms with Crippen molar-refractivity contribution < 1.29 is 8.78 Å². The van der Waals surface area contributed by atoms with E-state index in [1.54, 1.807) is 0 Å². The Balaban J connectivity index is 1.93. The van der Waals surface area contributed by atoms with Gasteiger partial charge in [-0.05, 0) is 44.0 Å². The zero-order chi connectivity index (χ0) is 13.7. The van der Waals surface area contributed by atoms with Crippen molar-refractivity contribution in [3.8, 4) is 0 Å². The molecule has 1 aliphatic rings. The Bertz CT molecular complexity index is 405. The second-order valence-corrected chi connectivity index (χ2v) is 6.24. The minimum absolute atomic E-state index is 0.329. The minimum atomic E-state index is -0.373. The van der Waals surface area contributed by atoms with Gasteiger partial charge in [-0.2, -0.15) is 0 Å². The fourth-order valence-electron chi connectivity index (χ4n) is 2.76. The third-order valence-corrected chi connectivity index (χ3v) is 5.05. The first-order chi connectivity index (χ1) is 9.20. The summed E-state index contributed by atoms with van der Waals surface area (Å²) in [4.78, 5) is 0.413. The van der Waals surface area contributed by atoms with E-state index in [0.717, 1.165) is 11.8 Å². The van der Waals surface area contributed by atoms with E-state index >= 15 is 0 Å². The molecule has 0 bridgehead atoms. The summed E-state index contributed by atoms with van der Waals surface area (Å²) in [6.45, 7) is 0. The highest BCUT2D eigenvalue weighted by molar-refractivity contribution is 7.99. The molecule has 0 aliphatic heterocycles. The van der Waals surface area contributed by atoms with Crippen molar-refractivity contribution in [3.63, 3.8) is 0 Å². The van der Waals surface area contributed by atoms with Crippen LogP contribution in [0.15, 0.2) is 23.1 Å². The molecule has 0 heterocycles. The van der Waals surface area contributed by atoms with E-state index in [-0.39, 0.29) is 11.6 Å². The van der Waals surface area contributed by atoms with Gasteiger partial charge in [0, 0.05) is 16.7 Å². The molecule has 0 aromatic heterocycles. The summed E-state index contributed by atoms with van der Waals surface area (Å²) in [5.74, 6) is 0.761. The molecule has 0 amide bonds. The van der Waals surface area contributed by atoms with Crippen molar-refractivity contribution in [2.45, 2.75) is 43.0 Å². The zero-order valence-corrected chi connectivity index (χ0v) is 12.1. The average molecular weight is 285 g/mol. The number of rotatable bonds is 5. The van der Waals surface area contributed by atoms with Crippen molar-refractivity contribution in [1.82, 2.24) is 5.32 Å². The molecule has 0 radical (unpaired) electrons. The van der Waals surface area contributed by atoms with Crippen molar-refractivity contribution in [3.05, 3.63) is 29.8 Å². The molecule has 106 valence electrons. The fourth-order valence-corrected chi connectivity index (χ4v) is 3.96. The molecule has 2 rings (SSSR count). The summed E-state index contributed by atoms with van der Waals surface area (Å²) in [6.07, 6.45) is 6.41. The minimum Gasteiger partial charge on any atom is -0.316 e. The molecule has 1 nitrogen and oxygen atoms in total. The van der Waals surface area contributed by atoms with E-state index in [2.05, 4.69) is 5.32 Å². The second kappa shape index (κ2) is 7.25. The zero-order valence-electron chi connectivity index (χ0n) is 11.3. The molecule has 1 aromatic carbocycles. The van der Waals surface area contributed by atoms with Crippen LogP contribution in [-0.2, 0) is 0 Å². The van der Waals surface area contributed by atoms with Crippen LogP contribution < -0.4 is 5.32 Å². The lowest BCUT2D eigenvalue weighted by atomic mass is 9.84. The van der Waals surface area contributed by atoms with Gasteiger partial charge >= 0.3 is 0 Å². The van der Waals surface area contributed by atoms with Crippen LogP contribution in [0.5, 0.6) is 0 Å². The molecular weight excluding hydrogens is 264 g/mol. The van der Waals surface area contributed by atoms with Crippen LogP contribution in [0.1, 0.15) is 32.1 Å². The Morgan fingerprint density at radius 3 is 2.68 bits per heavy atom. The maximum absolute atomic E-state index is 13.6. The first-order valence-electron chi connectivity index (χ1n) is 6.96. The predicted molar refractivity (Wildman–Crippen MR) is 76.5 cm³/mol. The fraction of sp³-hybridized carbons (Fsp3) is 0.600. The summed E-state index contributed by atoms with van der Waals surface area (Å²) in [5.41, 5.74) is 0. The predicted octanol–water partition coefficient (Wildman–Crippen LogP) is 4.23. The summed E-state index contributed by atoms with van der Waals surface area (Å²) in [7, 11) is 1.96. The van der Waals surface area contributed by atoms with Crippen molar-refractivity contribution in [1.29, 1.82) is 0 Å². The molecular formula is C15H21F2NS. The summed E-state index contributed by atoms with van der Waals surface area (Å²) in [5, 5.41) is 3.34. The normalized spacial score (nSPS) is 18.5. The monoisotopic (exact) mass is 285 g/mol. The van der Waals surface area contributed by atoms with E-state index in [9.17, 15) is 8.78 Å². The van der Waals surface area contributed by atoms with E-state index < -0.39 is 0 Å². The Hall–Kier alpha value is -0.610. The first kappa shape index (κ1) is 14.8. The Kier molecular flexibility index (Phi) is 5.64. The topological polar surface area (TPSA) is 12.0 Å². The van der Waals surface area contributed by atoms with E-state index in [4.69, 9.17) is 0 Å². The number of benzene rings is 1. The molecule has 19 heavy (non-hydrogen) atoms. The number of thioether (sulfide) groups is 1. The van der Waals surface area contributed by atoms with Gasteiger partial charge in [0.15, 0.2) is 0 Å². The van der Waals surface area contributed by atoms with Gasteiger partial charge in [0.1, 0.15) is 11.6 Å². The lowest BCUT2D eigenvalue weighted by molar-refractivity contribution is 0.294. The number of hydrogen-bond donors (Lipinski definition) is 1. The maximum Gasteiger partial charge on any atom is 0.136 e. The summed E-state index contributed by atoms with van der Waals surface area (Å²) < 4.78 is 26.7. The lowest BCUT2D eigenvalue weighted by Crippen LogP contribution is -2.36. The van der Waals surface area contributed by atoms with Crippen LogP contribution >= 0.6 is 11.8 Å². The quantitative estimate of drug-likeness (QED) is 0.813. The van der Waals surface area contributed by atoms with E-state index in [1.807, 2.05) is 7.05 Å². The van der Waals surface area contributed by atoms with Crippen molar-refractivity contribution >= 4 is 11.8 Å². The molecule has 1 saturated carbocycles. The first-order valence-corrected chi connectivity index (χ1v) is 7.94. The van der Waals surface area contributed by atoms with Gasteiger partial charge in [-0.1, -0.05) is 19.3 Å². The Morgan fingerprint density at radius 2 is 2.00 bits per heavy atom. The van der Waals surface area contributed by atoms with Gasteiger partial charge in [-0.25, -0.2) is 8.78 Å². The highest BCUT2D eigenvalue weighted by Crippen LogP contribution is 2.30. The van der Waals surface area contributed by atoms with Gasteiger partial charge in [0.2, 0.25) is 0 Å². The Labute approximate surface area is 118 Å². The van der Waals surface area contributed by atoms with E-state index in [0.29, 0.717) is 16.9 Å². The van der Waals surface area contributed by atoms with Gasteiger partial charge < -0.3 is 5.32 Å². The third kappa shape index (κ3) is 4.18. The number of nitrogens with one attached hydrogen (secondary N) is 1. The molecule has 0 spiro atoms. The average Bonchev–Trinajstić information content (AvgIpc) is 2.44. The van der Waals surface area contributed by atoms with Gasteiger partial charge in [0.25, 0.3) is 0 Å². The lowest BCUT2D eigenvalue weighted by Gasteiger charge is -2.29. The molecule has 1 unspecified atom stereocenters. The van der Waals surface area contributed by atoms with E-state index in [1.165, 1.54) is 56.0 Å². The van der Waals surface area contributed by atoms with Crippen LogP contribution in [0.4, 0.5) is 8.78 Å². The highest BCUT2D eigenvalue weighted by atomic mass is 32.2. The molecule has 1 aromatic rings. The maximum atomic E-state index is 13.6. The van der Waals surface area contributed by atoms with Crippen LogP contribution in [0.25, 0.3) is 0 Å². The van der Waals surface area contributed by atoms with Crippen LogP contribution in [0, 0.1) is 17.6 Å². The van der Waals surface area contributed by atoms with Crippen LogP contribution in [-0.4, -0.2) is 18.8 Å². The molecule has 1 aliphatic carbocycles. The molecule has 1 N–H and O–H groups in total. The van der Waals surface area contributed by atoms with Crippen molar-refractivity contribution in [2.24, 2.45) is 5.92 Å². The SMILES string of the molecule is CNC(CSc1cc(F)ccc1F)C1CCCCC1. The number of halogens is 2. The Morgan fingerprint density at radius 1 is 1.26 bits per heavy atom. The molecule has 4 heteroatoms. The molecule has 0 saturated heterocycles. The molecule has 1 fully saturated rings. The van der Waals surface area contributed by atoms with Gasteiger partial charge in [0.05, 0.1) is 0 Å². The largest absolute Gasteiger partial charge is 0.316 e. The van der Waals surface area contributed by atoms with Gasteiger partial charge in [-0.3, -0.25) is 0 Å². The third-order valence-electron chi connectivity index (χ3n) is 3.90. The van der Waals surface area contributed by atoms with Gasteiger partial charge in [-0.15, -0.1) is 11.8 Å². The molecule has 1 atom stereocenters. The summed E-state index contributed by atoms with van der Waals surface area (Å²) >= 11 is 1.41.